The molecule has 0 saturated carbocycles. The third kappa shape index (κ3) is 1.13. The van der Waals surface area contributed by atoms with Gasteiger partial charge in [0.1, 0.15) is 11.9 Å². The van der Waals surface area contributed by atoms with Gasteiger partial charge in [-0.1, -0.05) is 19.2 Å². The molecule has 10 heavy (non-hydrogen) atoms. The Morgan fingerprint density at radius 3 is 2.60 bits per heavy atom. The smallest absolute Gasteiger partial charge is 0.122 e. The quantitative estimate of drug-likeness (QED) is 0.566. The molecule has 0 N–H and O–H groups in total. The zero-order valence-corrected chi connectivity index (χ0v) is 6.26. The Kier molecular flexibility index (Phi) is 1.95. The Bertz CT molecular complexity index is 169. The Labute approximate surface area is 61.7 Å². The molecule has 0 fully saturated rings. The van der Waals surface area contributed by atoms with Crippen molar-refractivity contribution in [3.05, 3.63) is 36.6 Å². The van der Waals surface area contributed by atoms with Gasteiger partial charge in [0.15, 0.2) is 0 Å². The van der Waals surface area contributed by atoms with Crippen molar-refractivity contribution in [2.45, 2.75) is 19.4 Å². The maximum atomic E-state index is 5.40. The molecule has 1 aliphatic rings. The molecule has 1 nitrogen and oxygen atoms in total. The lowest BCUT2D eigenvalue weighted by atomic mass is 10.1. The van der Waals surface area contributed by atoms with Gasteiger partial charge in [0.2, 0.25) is 0 Å². The van der Waals surface area contributed by atoms with Gasteiger partial charge in [-0.3, -0.25) is 0 Å². The van der Waals surface area contributed by atoms with Crippen molar-refractivity contribution in [3.8, 4) is 0 Å². The first-order valence-electron chi connectivity index (χ1n) is 3.42. The highest BCUT2D eigenvalue weighted by Gasteiger charge is 2.16. The van der Waals surface area contributed by atoms with Crippen LogP contribution in [-0.2, 0) is 4.74 Å². The maximum absolute atomic E-state index is 5.40. The van der Waals surface area contributed by atoms with Crippen molar-refractivity contribution in [3.63, 3.8) is 0 Å². The summed E-state index contributed by atoms with van der Waals surface area (Å²) < 4.78 is 5.40. The monoisotopic (exact) mass is 136 g/mol. The van der Waals surface area contributed by atoms with E-state index in [1.807, 2.05) is 13.0 Å². The molecule has 0 amide bonds. The Hall–Kier alpha value is -0.980. The number of ether oxygens (including phenoxy) is 1. The second-order valence-corrected chi connectivity index (χ2v) is 2.43. The summed E-state index contributed by atoms with van der Waals surface area (Å²) in [7, 11) is 0. The van der Waals surface area contributed by atoms with Gasteiger partial charge in [-0.15, -0.1) is 0 Å². The van der Waals surface area contributed by atoms with Crippen LogP contribution in [0.2, 0.25) is 0 Å². The lowest BCUT2D eigenvalue weighted by Crippen LogP contribution is -1.96. The third-order valence-electron chi connectivity index (χ3n) is 1.58. The second-order valence-electron chi connectivity index (χ2n) is 2.43. The normalized spacial score (nSPS) is 24.3. The van der Waals surface area contributed by atoms with E-state index in [-0.39, 0.29) is 0 Å². The van der Waals surface area contributed by atoms with Crippen LogP contribution in [0.5, 0.6) is 0 Å². The van der Waals surface area contributed by atoms with Gasteiger partial charge < -0.3 is 4.74 Å². The van der Waals surface area contributed by atoms with Crippen molar-refractivity contribution < 1.29 is 4.74 Å². The SMILES string of the molecule is C=CC1=C(C=C)OC(C)C1. The molecule has 0 aromatic carbocycles. The molecule has 54 valence electrons. The van der Waals surface area contributed by atoms with E-state index in [4.69, 9.17) is 4.74 Å². The van der Waals surface area contributed by atoms with Gasteiger partial charge in [-0.05, 0) is 18.6 Å². The minimum absolute atomic E-state index is 0.293. The average Bonchev–Trinajstić information content (AvgIpc) is 2.30. The van der Waals surface area contributed by atoms with E-state index in [1.54, 1.807) is 6.08 Å². The summed E-state index contributed by atoms with van der Waals surface area (Å²) in [6.45, 7) is 9.38. The van der Waals surface area contributed by atoms with Crippen LogP contribution in [0.3, 0.4) is 0 Å². The van der Waals surface area contributed by atoms with Crippen molar-refractivity contribution >= 4 is 0 Å². The minimum Gasteiger partial charge on any atom is -0.490 e. The summed E-state index contributed by atoms with van der Waals surface area (Å²) in [6.07, 6.45) is 4.83. The van der Waals surface area contributed by atoms with E-state index < -0.39 is 0 Å². The first kappa shape index (κ1) is 7.13. The Morgan fingerprint density at radius 1 is 1.50 bits per heavy atom. The van der Waals surface area contributed by atoms with Crippen LogP contribution in [-0.4, -0.2) is 6.10 Å². The highest BCUT2D eigenvalue weighted by Crippen LogP contribution is 2.25. The van der Waals surface area contributed by atoms with E-state index >= 15 is 0 Å². The fourth-order valence-electron chi connectivity index (χ4n) is 1.11. The predicted molar refractivity (Wildman–Crippen MR) is 42.6 cm³/mol. The summed E-state index contributed by atoms with van der Waals surface area (Å²) in [4.78, 5) is 0. The maximum Gasteiger partial charge on any atom is 0.122 e. The molecular formula is C9H12O. The molecule has 1 rings (SSSR count). The fourth-order valence-corrected chi connectivity index (χ4v) is 1.11. The van der Waals surface area contributed by atoms with Crippen LogP contribution in [0.15, 0.2) is 36.6 Å². The zero-order chi connectivity index (χ0) is 7.56. The molecule has 1 heterocycles. The topological polar surface area (TPSA) is 9.23 Å². The van der Waals surface area contributed by atoms with Crippen LogP contribution < -0.4 is 0 Å². The van der Waals surface area contributed by atoms with E-state index in [0.717, 1.165) is 12.2 Å². The molecule has 0 aromatic rings. The Morgan fingerprint density at radius 2 is 2.20 bits per heavy atom. The summed E-state index contributed by atoms with van der Waals surface area (Å²) in [5.41, 5.74) is 1.17. The van der Waals surface area contributed by atoms with Crippen molar-refractivity contribution in [1.29, 1.82) is 0 Å². The minimum atomic E-state index is 0.293. The molecule has 0 saturated heterocycles. The number of hydrogen-bond acceptors (Lipinski definition) is 1. The second kappa shape index (κ2) is 2.74. The van der Waals surface area contributed by atoms with Gasteiger partial charge in [-0.25, -0.2) is 0 Å². The molecular weight excluding hydrogens is 124 g/mol. The van der Waals surface area contributed by atoms with Crippen LogP contribution in [0.25, 0.3) is 0 Å². The highest BCUT2D eigenvalue weighted by atomic mass is 16.5. The molecule has 0 spiro atoms. The van der Waals surface area contributed by atoms with Gasteiger partial charge in [0.25, 0.3) is 0 Å². The van der Waals surface area contributed by atoms with Gasteiger partial charge in [0, 0.05) is 6.42 Å². The molecule has 0 aromatic heterocycles. The molecule has 1 aliphatic heterocycles. The zero-order valence-electron chi connectivity index (χ0n) is 6.26. The van der Waals surface area contributed by atoms with Crippen molar-refractivity contribution in [2.75, 3.05) is 0 Å². The summed E-state index contributed by atoms with van der Waals surface area (Å²) in [5, 5.41) is 0. The van der Waals surface area contributed by atoms with Gasteiger partial charge >= 0.3 is 0 Å². The number of allylic oxidation sites excluding steroid dienone is 2. The first-order valence-corrected chi connectivity index (χ1v) is 3.42. The largest absolute Gasteiger partial charge is 0.490 e. The van der Waals surface area contributed by atoms with Crippen LogP contribution >= 0.6 is 0 Å². The van der Waals surface area contributed by atoms with Gasteiger partial charge in [-0.2, -0.15) is 0 Å². The van der Waals surface area contributed by atoms with E-state index in [1.165, 1.54) is 5.57 Å². The summed E-state index contributed by atoms with van der Waals surface area (Å²) in [6, 6.07) is 0. The molecule has 0 radical (unpaired) electrons. The van der Waals surface area contributed by atoms with E-state index in [0.29, 0.717) is 6.10 Å². The first-order chi connectivity index (χ1) is 4.77. The molecule has 1 atom stereocenters. The predicted octanol–water partition coefficient (Wildman–Crippen LogP) is 2.42. The lowest BCUT2D eigenvalue weighted by molar-refractivity contribution is 0.170. The van der Waals surface area contributed by atoms with Crippen molar-refractivity contribution in [2.24, 2.45) is 0 Å². The number of rotatable bonds is 2. The molecule has 0 aliphatic carbocycles. The van der Waals surface area contributed by atoms with Crippen LogP contribution in [0.4, 0.5) is 0 Å². The average molecular weight is 136 g/mol. The molecule has 1 heteroatoms. The van der Waals surface area contributed by atoms with Crippen molar-refractivity contribution in [1.82, 2.24) is 0 Å². The van der Waals surface area contributed by atoms with Gasteiger partial charge in [0.05, 0.1) is 0 Å². The standard InChI is InChI=1S/C9H12O/c1-4-8-6-7(3)10-9(8)5-2/h4-5,7H,1-2,6H2,3H3. The van der Waals surface area contributed by atoms with E-state index in [9.17, 15) is 0 Å². The Balaban J connectivity index is 2.80. The lowest BCUT2D eigenvalue weighted by Gasteiger charge is -2.02. The van der Waals surface area contributed by atoms with E-state index in [2.05, 4.69) is 13.2 Å². The third-order valence-corrected chi connectivity index (χ3v) is 1.58. The molecule has 0 bridgehead atoms. The fraction of sp³-hybridized carbons (Fsp3) is 0.333. The summed E-state index contributed by atoms with van der Waals surface area (Å²) >= 11 is 0. The molecule has 1 unspecified atom stereocenters. The highest BCUT2D eigenvalue weighted by molar-refractivity contribution is 5.30. The number of hydrogen-bond donors (Lipinski definition) is 0. The summed E-state index contributed by atoms with van der Waals surface area (Å²) in [5.74, 6) is 0.891. The van der Waals surface area contributed by atoms with Crippen LogP contribution in [0, 0.1) is 0 Å². The van der Waals surface area contributed by atoms with Crippen LogP contribution in [0.1, 0.15) is 13.3 Å².